The Bertz CT molecular complexity index is 2770. The molecule has 0 amide bonds. The van der Waals surface area contributed by atoms with Gasteiger partial charge in [-0.15, -0.1) is 22.7 Å². The Morgan fingerprint density at radius 3 is 2.02 bits per heavy atom. The summed E-state index contributed by atoms with van der Waals surface area (Å²) in [6, 6.07) is 51.9. The molecule has 216 valence electrons. The third-order valence-electron chi connectivity index (χ3n) is 8.88. The molecule has 0 aliphatic rings. The molecular weight excluding hydrogens is 601 g/mol. The summed E-state index contributed by atoms with van der Waals surface area (Å²) >= 11 is 3.69. The maximum absolute atomic E-state index is 6.62. The summed E-state index contributed by atoms with van der Waals surface area (Å²) < 4.78 is 11.8. The number of hydrogen-bond donors (Lipinski definition) is 0. The quantitative estimate of drug-likeness (QED) is 0.195. The van der Waals surface area contributed by atoms with E-state index in [1.807, 2.05) is 53.0 Å². The zero-order valence-electron chi connectivity index (χ0n) is 24.5. The molecule has 0 fully saturated rings. The van der Waals surface area contributed by atoms with Crippen molar-refractivity contribution >= 4 is 102 Å². The third kappa shape index (κ3) is 3.92. The van der Waals surface area contributed by atoms with Gasteiger partial charge in [0.1, 0.15) is 5.52 Å². The van der Waals surface area contributed by atoms with Gasteiger partial charge in [0.2, 0.25) is 5.89 Å². The molecule has 3 aromatic heterocycles. The first-order valence-electron chi connectivity index (χ1n) is 15.3. The molecule has 3 heterocycles. The van der Waals surface area contributed by atoms with E-state index < -0.39 is 0 Å². The molecule has 0 saturated heterocycles. The zero-order valence-corrected chi connectivity index (χ0v) is 26.1. The number of hydrogen-bond acceptors (Lipinski definition) is 5. The molecule has 10 rings (SSSR count). The topological polar surface area (TPSA) is 29.3 Å². The van der Waals surface area contributed by atoms with E-state index in [9.17, 15) is 0 Å². The highest BCUT2D eigenvalue weighted by atomic mass is 32.1. The van der Waals surface area contributed by atoms with Gasteiger partial charge in [-0.05, 0) is 72.1 Å². The number of thiophene rings is 2. The molecule has 0 saturated carbocycles. The van der Waals surface area contributed by atoms with Crippen LogP contribution < -0.4 is 4.90 Å². The van der Waals surface area contributed by atoms with Crippen LogP contribution in [0.4, 0.5) is 17.1 Å². The Balaban J connectivity index is 1.27. The number of benzene rings is 7. The molecular formula is C41H24N2OS2. The van der Waals surface area contributed by atoms with Gasteiger partial charge in [0.25, 0.3) is 0 Å². The van der Waals surface area contributed by atoms with E-state index >= 15 is 0 Å². The first-order valence-corrected chi connectivity index (χ1v) is 16.9. The maximum Gasteiger partial charge on any atom is 0.227 e. The second-order valence-electron chi connectivity index (χ2n) is 11.6. The van der Waals surface area contributed by atoms with Crippen LogP contribution in [0.2, 0.25) is 0 Å². The van der Waals surface area contributed by atoms with Crippen molar-refractivity contribution in [1.82, 2.24) is 4.98 Å². The van der Waals surface area contributed by atoms with E-state index in [-0.39, 0.29) is 0 Å². The number of fused-ring (bicyclic) bond motifs is 9. The Kier molecular flexibility index (Phi) is 5.61. The Morgan fingerprint density at radius 2 is 1.17 bits per heavy atom. The molecule has 5 heteroatoms. The van der Waals surface area contributed by atoms with Crippen LogP contribution >= 0.6 is 22.7 Å². The summed E-state index contributed by atoms with van der Waals surface area (Å²) in [5, 5.41) is 7.28. The zero-order chi connectivity index (χ0) is 30.2. The van der Waals surface area contributed by atoms with Crippen molar-refractivity contribution in [3.8, 4) is 11.5 Å². The van der Waals surface area contributed by atoms with Crippen LogP contribution in [0.5, 0.6) is 0 Å². The molecule has 0 radical (unpaired) electrons. The highest BCUT2D eigenvalue weighted by Gasteiger charge is 2.21. The normalized spacial score (nSPS) is 11.9. The largest absolute Gasteiger partial charge is 0.435 e. The summed E-state index contributed by atoms with van der Waals surface area (Å²) in [4.78, 5) is 7.32. The van der Waals surface area contributed by atoms with Gasteiger partial charge >= 0.3 is 0 Å². The van der Waals surface area contributed by atoms with E-state index in [0.29, 0.717) is 5.89 Å². The smallest absolute Gasteiger partial charge is 0.227 e. The van der Waals surface area contributed by atoms with Crippen LogP contribution in [0.3, 0.4) is 0 Å². The Hall–Kier alpha value is -5.49. The Labute approximate surface area is 272 Å². The fourth-order valence-corrected chi connectivity index (χ4v) is 8.99. The van der Waals surface area contributed by atoms with Gasteiger partial charge in [-0.2, -0.15) is 0 Å². The van der Waals surface area contributed by atoms with Crippen LogP contribution in [0.1, 0.15) is 0 Å². The fraction of sp³-hybridized carbons (Fsp3) is 0. The molecule has 3 nitrogen and oxygen atoms in total. The van der Waals surface area contributed by atoms with Crippen molar-refractivity contribution in [2.45, 2.75) is 0 Å². The van der Waals surface area contributed by atoms with Crippen molar-refractivity contribution < 1.29 is 4.42 Å². The molecule has 7 aromatic carbocycles. The van der Waals surface area contributed by atoms with Gasteiger partial charge in [0.05, 0.1) is 11.1 Å². The second-order valence-corrected chi connectivity index (χ2v) is 13.7. The van der Waals surface area contributed by atoms with E-state index in [4.69, 9.17) is 9.40 Å². The molecule has 0 unspecified atom stereocenters. The van der Waals surface area contributed by atoms with E-state index in [1.165, 1.54) is 40.3 Å². The monoisotopic (exact) mass is 624 g/mol. The summed E-state index contributed by atoms with van der Waals surface area (Å²) in [5.74, 6) is 0.627. The lowest BCUT2D eigenvalue weighted by molar-refractivity contribution is 0.623. The van der Waals surface area contributed by atoms with Crippen molar-refractivity contribution in [2.24, 2.45) is 0 Å². The van der Waals surface area contributed by atoms with Crippen molar-refractivity contribution in [3.05, 3.63) is 146 Å². The lowest BCUT2D eigenvalue weighted by atomic mass is 10.0. The molecule has 10 aromatic rings. The summed E-state index contributed by atoms with van der Waals surface area (Å²) in [7, 11) is 0. The number of nitrogens with zero attached hydrogens (tertiary/aromatic N) is 2. The number of rotatable bonds is 4. The third-order valence-corrected chi connectivity index (χ3v) is 11.2. The van der Waals surface area contributed by atoms with Crippen molar-refractivity contribution in [2.75, 3.05) is 4.90 Å². The number of anilines is 3. The minimum absolute atomic E-state index is 0.627. The van der Waals surface area contributed by atoms with Crippen LogP contribution in [0.15, 0.2) is 150 Å². The fourth-order valence-electron chi connectivity index (χ4n) is 6.76. The SMILES string of the molecule is c1ccc(-c2nc3ccc4cccc(N(c5ccc6c(c5)sc5ccccc56)c5ccc6sc7ccccc7c6c5)c4c3o2)cc1. The van der Waals surface area contributed by atoms with Gasteiger partial charge in [0, 0.05) is 57.3 Å². The molecule has 46 heavy (non-hydrogen) atoms. The Morgan fingerprint density at radius 1 is 0.500 bits per heavy atom. The number of oxazole rings is 1. The molecule has 0 aliphatic heterocycles. The average Bonchev–Trinajstić information content (AvgIpc) is 3.82. The number of aromatic nitrogens is 1. The molecule has 0 spiro atoms. The van der Waals surface area contributed by atoms with Crippen LogP contribution in [-0.2, 0) is 0 Å². The molecule has 0 N–H and O–H groups in total. The predicted octanol–water partition coefficient (Wildman–Crippen LogP) is 12.9. The lowest BCUT2D eigenvalue weighted by Gasteiger charge is -2.27. The molecule has 0 atom stereocenters. The van der Waals surface area contributed by atoms with Gasteiger partial charge < -0.3 is 9.32 Å². The highest BCUT2D eigenvalue weighted by molar-refractivity contribution is 7.26. The van der Waals surface area contributed by atoms with Crippen LogP contribution in [0, 0.1) is 0 Å². The van der Waals surface area contributed by atoms with Crippen LogP contribution in [-0.4, -0.2) is 4.98 Å². The van der Waals surface area contributed by atoms with E-state index in [1.54, 1.807) is 0 Å². The lowest BCUT2D eigenvalue weighted by Crippen LogP contribution is -2.10. The van der Waals surface area contributed by atoms with Gasteiger partial charge in [-0.25, -0.2) is 4.98 Å². The van der Waals surface area contributed by atoms with Crippen LogP contribution in [0.25, 0.3) is 73.7 Å². The standard InChI is InChI=1S/C41H24N2OS2/c1-2-9-26(10-3-1)41-42-33-21-17-25-11-8-14-34(39(25)40(33)44-41)43(27-19-22-37-32(23-27)30-13-5-7-16-36(30)45-37)28-18-20-31-29-12-4-6-15-35(29)46-38(31)24-28/h1-24H. The maximum atomic E-state index is 6.62. The summed E-state index contributed by atoms with van der Waals surface area (Å²) in [5.41, 5.74) is 5.86. The highest BCUT2D eigenvalue weighted by Crippen LogP contribution is 2.46. The first kappa shape index (κ1) is 25.8. The van der Waals surface area contributed by atoms with E-state index in [2.05, 4.69) is 120 Å². The molecule has 0 aliphatic carbocycles. The van der Waals surface area contributed by atoms with Crippen molar-refractivity contribution in [3.63, 3.8) is 0 Å². The summed E-state index contributed by atoms with van der Waals surface area (Å²) in [6.45, 7) is 0. The van der Waals surface area contributed by atoms with Gasteiger partial charge in [-0.3, -0.25) is 0 Å². The van der Waals surface area contributed by atoms with Gasteiger partial charge in [-0.1, -0.05) is 78.9 Å². The first-order chi connectivity index (χ1) is 22.8. The second kappa shape index (κ2) is 10.0. The van der Waals surface area contributed by atoms with Crippen molar-refractivity contribution in [1.29, 1.82) is 0 Å². The minimum atomic E-state index is 0.627. The average molecular weight is 625 g/mol. The van der Waals surface area contributed by atoms with Gasteiger partial charge in [0.15, 0.2) is 5.58 Å². The van der Waals surface area contributed by atoms with E-state index in [0.717, 1.165) is 44.5 Å². The minimum Gasteiger partial charge on any atom is -0.435 e. The molecule has 0 bridgehead atoms. The predicted molar refractivity (Wildman–Crippen MR) is 197 cm³/mol. The summed E-state index contributed by atoms with van der Waals surface area (Å²) in [6.07, 6.45) is 0.